The van der Waals surface area contributed by atoms with Crippen molar-refractivity contribution in [3.63, 3.8) is 0 Å². The molecule has 0 bridgehead atoms. The predicted octanol–water partition coefficient (Wildman–Crippen LogP) is 0.659. The number of halogens is 1. The predicted molar refractivity (Wildman–Crippen MR) is 66.3 cm³/mol. The normalized spacial score (nSPS) is 18.3. The van der Waals surface area contributed by atoms with E-state index in [1.54, 1.807) is 0 Å². The number of nitro benzene ring substituents is 1. The van der Waals surface area contributed by atoms with Gasteiger partial charge in [-0.2, -0.15) is 0 Å². The molecule has 1 aliphatic rings. The zero-order chi connectivity index (χ0) is 15.6. The Bertz CT molecular complexity index is 605. The molecule has 1 N–H and O–H groups in total. The highest BCUT2D eigenvalue weighted by Gasteiger charge is 2.35. The number of carboxylic acid groups (broad SMARTS) is 1. The van der Waals surface area contributed by atoms with Crippen LogP contribution < -0.4 is 0 Å². The molecule has 8 nitrogen and oxygen atoms in total. The standard InChI is InChI=1S/C12H11FN2O6/c13-7-1-2-9(15(19)20)8(5-7)11(16)14-3-4-21-6-10(14)12(17)18/h1-2,5,10H,3-4,6H2,(H,17,18). The molecule has 0 radical (unpaired) electrons. The van der Waals surface area contributed by atoms with Crippen LogP contribution in [0.4, 0.5) is 10.1 Å². The van der Waals surface area contributed by atoms with Crippen molar-refractivity contribution in [3.05, 3.63) is 39.7 Å². The number of carbonyl (C=O) groups is 2. The average Bonchev–Trinajstić information content (AvgIpc) is 2.46. The molecule has 1 amide bonds. The summed E-state index contributed by atoms with van der Waals surface area (Å²) in [6.07, 6.45) is 0. The number of carbonyl (C=O) groups excluding carboxylic acids is 1. The highest BCUT2D eigenvalue weighted by atomic mass is 19.1. The number of amides is 1. The van der Waals surface area contributed by atoms with E-state index in [1.165, 1.54) is 0 Å². The second-order valence-corrected chi connectivity index (χ2v) is 4.35. The molecule has 1 aromatic carbocycles. The molecular weight excluding hydrogens is 287 g/mol. The molecule has 0 aromatic heterocycles. The van der Waals surface area contributed by atoms with Gasteiger partial charge < -0.3 is 14.7 Å². The lowest BCUT2D eigenvalue weighted by Gasteiger charge is -2.32. The van der Waals surface area contributed by atoms with E-state index >= 15 is 0 Å². The summed E-state index contributed by atoms with van der Waals surface area (Å²) in [6, 6.07) is 1.21. The third-order valence-electron chi connectivity index (χ3n) is 3.06. The molecule has 112 valence electrons. The zero-order valence-electron chi connectivity index (χ0n) is 10.7. The van der Waals surface area contributed by atoms with Crippen LogP contribution in [0.2, 0.25) is 0 Å². The van der Waals surface area contributed by atoms with E-state index in [1.807, 2.05) is 0 Å². The first-order valence-electron chi connectivity index (χ1n) is 5.97. The second kappa shape index (κ2) is 5.83. The van der Waals surface area contributed by atoms with Crippen molar-refractivity contribution in [2.45, 2.75) is 6.04 Å². The Hall–Kier alpha value is -2.55. The molecule has 1 heterocycles. The molecule has 0 saturated carbocycles. The minimum atomic E-state index is -1.29. The Kier molecular flexibility index (Phi) is 4.13. The van der Waals surface area contributed by atoms with E-state index < -0.39 is 39.9 Å². The Morgan fingerprint density at radius 3 is 2.81 bits per heavy atom. The fourth-order valence-corrected chi connectivity index (χ4v) is 2.04. The molecular formula is C12H11FN2O6. The van der Waals surface area contributed by atoms with Crippen LogP contribution >= 0.6 is 0 Å². The van der Waals surface area contributed by atoms with Gasteiger partial charge in [0, 0.05) is 12.6 Å². The number of rotatable bonds is 3. The van der Waals surface area contributed by atoms with Gasteiger partial charge in [0.2, 0.25) is 0 Å². The van der Waals surface area contributed by atoms with Crippen LogP contribution in [0.1, 0.15) is 10.4 Å². The Labute approximate surface area is 117 Å². The number of benzene rings is 1. The minimum Gasteiger partial charge on any atom is -0.480 e. The van der Waals surface area contributed by atoms with E-state index in [9.17, 15) is 24.1 Å². The SMILES string of the molecule is O=C(O)C1COCCN1C(=O)c1cc(F)ccc1[N+](=O)[O-]. The van der Waals surface area contributed by atoms with Gasteiger partial charge in [0.1, 0.15) is 11.4 Å². The molecule has 1 atom stereocenters. The first-order chi connectivity index (χ1) is 9.91. The van der Waals surface area contributed by atoms with Crippen molar-refractivity contribution in [1.29, 1.82) is 0 Å². The van der Waals surface area contributed by atoms with Crippen molar-refractivity contribution in [2.24, 2.45) is 0 Å². The van der Waals surface area contributed by atoms with Gasteiger partial charge in [-0.15, -0.1) is 0 Å². The molecule has 21 heavy (non-hydrogen) atoms. The van der Waals surface area contributed by atoms with Gasteiger partial charge in [-0.3, -0.25) is 14.9 Å². The maximum Gasteiger partial charge on any atom is 0.328 e. The van der Waals surface area contributed by atoms with Crippen LogP contribution in [0.3, 0.4) is 0 Å². The molecule has 1 aliphatic heterocycles. The molecule has 1 aromatic rings. The summed E-state index contributed by atoms with van der Waals surface area (Å²) in [5.74, 6) is -3.01. The van der Waals surface area contributed by atoms with E-state index in [4.69, 9.17) is 9.84 Å². The van der Waals surface area contributed by atoms with Crippen LogP contribution in [0, 0.1) is 15.9 Å². The molecule has 1 fully saturated rings. The molecule has 0 spiro atoms. The van der Waals surface area contributed by atoms with E-state index in [-0.39, 0.29) is 19.8 Å². The summed E-state index contributed by atoms with van der Waals surface area (Å²) in [6.45, 7) is -0.147. The Balaban J connectivity index is 2.40. The summed E-state index contributed by atoms with van der Waals surface area (Å²) < 4.78 is 18.2. The number of hydrogen-bond acceptors (Lipinski definition) is 5. The van der Waals surface area contributed by atoms with Gasteiger partial charge in [-0.1, -0.05) is 0 Å². The Morgan fingerprint density at radius 2 is 2.19 bits per heavy atom. The zero-order valence-corrected chi connectivity index (χ0v) is 10.7. The number of aliphatic carboxylic acids is 1. The van der Waals surface area contributed by atoms with Crippen LogP contribution in [0.5, 0.6) is 0 Å². The van der Waals surface area contributed by atoms with Crippen LogP contribution in [-0.4, -0.2) is 52.6 Å². The number of morpholine rings is 1. The highest BCUT2D eigenvalue weighted by Crippen LogP contribution is 2.23. The van der Waals surface area contributed by atoms with Gasteiger partial charge in [0.15, 0.2) is 6.04 Å². The van der Waals surface area contributed by atoms with Gasteiger partial charge in [0.05, 0.1) is 18.1 Å². The average molecular weight is 298 g/mol. The topological polar surface area (TPSA) is 110 Å². The van der Waals surface area contributed by atoms with E-state index in [0.717, 1.165) is 23.1 Å². The third kappa shape index (κ3) is 2.97. The fourth-order valence-electron chi connectivity index (χ4n) is 2.04. The lowest BCUT2D eigenvalue weighted by atomic mass is 10.1. The maximum absolute atomic E-state index is 13.3. The van der Waals surface area contributed by atoms with Crippen molar-refractivity contribution in [1.82, 2.24) is 4.90 Å². The summed E-state index contributed by atoms with van der Waals surface area (Å²) >= 11 is 0. The third-order valence-corrected chi connectivity index (χ3v) is 3.06. The Morgan fingerprint density at radius 1 is 1.48 bits per heavy atom. The number of carboxylic acids is 1. The van der Waals surface area contributed by atoms with Crippen molar-refractivity contribution in [3.8, 4) is 0 Å². The number of hydrogen-bond donors (Lipinski definition) is 1. The fraction of sp³-hybridized carbons (Fsp3) is 0.333. The quantitative estimate of drug-likeness (QED) is 0.648. The van der Waals surface area contributed by atoms with Gasteiger partial charge in [0.25, 0.3) is 11.6 Å². The van der Waals surface area contributed by atoms with Gasteiger partial charge in [-0.05, 0) is 12.1 Å². The monoisotopic (exact) mass is 298 g/mol. The molecule has 0 aliphatic carbocycles. The maximum atomic E-state index is 13.3. The minimum absolute atomic E-state index is 0.0382. The number of nitro groups is 1. The van der Waals surface area contributed by atoms with Crippen molar-refractivity contribution in [2.75, 3.05) is 19.8 Å². The van der Waals surface area contributed by atoms with Gasteiger partial charge in [-0.25, -0.2) is 9.18 Å². The van der Waals surface area contributed by atoms with Crippen molar-refractivity contribution >= 4 is 17.6 Å². The first kappa shape index (κ1) is 14.9. The molecule has 1 unspecified atom stereocenters. The van der Waals surface area contributed by atoms with E-state index in [0.29, 0.717) is 0 Å². The molecule has 2 rings (SSSR count). The van der Waals surface area contributed by atoms with Crippen LogP contribution in [0.25, 0.3) is 0 Å². The van der Waals surface area contributed by atoms with Crippen molar-refractivity contribution < 1.29 is 28.7 Å². The molecule has 9 heteroatoms. The molecule has 1 saturated heterocycles. The summed E-state index contributed by atoms with van der Waals surface area (Å²) in [5.41, 5.74) is -1.05. The lowest BCUT2D eigenvalue weighted by Crippen LogP contribution is -2.52. The lowest BCUT2D eigenvalue weighted by molar-refractivity contribution is -0.385. The highest BCUT2D eigenvalue weighted by molar-refractivity contribution is 6.00. The summed E-state index contributed by atoms with van der Waals surface area (Å²) in [7, 11) is 0. The van der Waals surface area contributed by atoms with E-state index in [2.05, 4.69) is 0 Å². The van der Waals surface area contributed by atoms with Crippen LogP contribution in [0.15, 0.2) is 18.2 Å². The summed E-state index contributed by atoms with van der Waals surface area (Å²) in [5, 5.41) is 20.0. The van der Waals surface area contributed by atoms with Crippen LogP contribution in [-0.2, 0) is 9.53 Å². The summed E-state index contributed by atoms with van der Waals surface area (Å²) in [4.78, 5) is 34.5. The smallest absolute Gasteiger partial charge is 0.328 e. The first-order valence-corrected chi connectivity index (χ1v) is 5.97. The van der Waals surface area contributed by atoms with Gasteiger partial charge >= 0.3 is 5.97 Å². The number of nitrogens with zero attached hydrogens (tertiary/aromatic N) is 2. The second-order valence-electron chi connectivity index (χ2n) is 4.35. The largest absolute Gasteiger partial charge is 0.480 e. The number of ether oxygens (including phenoxy) is 1.